The molecule has 1 atom stereocenters. The predicted octanol–water partition coefficient (Wildman–Crippen LogP) is 4.78. The summed E-state index contributed by atoms with van der Waals surface area (Å²) in [6, 6.07) is 15.3. The molecule has 3 aromatic rings. The van der Waals surface area contributed by atoms with Gasteiger partial charge in [0.25, 0.3) is 0 Å². The highest BCUT2D eigenvalue weighted by atomic mass is 32.1. The Hall–Kier alpha value is -2.86. The molecular weight excluding hydrogens is 377 g/mol. The minimum atomic E-state index is -1.17. The van der Waals surface area contributed by atoms with Crippen molar-refractivity contribution in [2.24, 2.45) is 5.41 Å². The van der Waals surface area contributed by atoms with E-state index in [0.29, 0.717) is 10.7 Å². The number of ketones is 1. The lowest BCUT2D eigenvalue weighted by atomic mass is 9.79. The van der Waals surface area contributed by atoms with Crippen LogP contribution < -0.4 is 0 Å². The zero-order chi connectivity index (χ0) is 20.1. The number of carboxylic acid groups (broad SMARTS) is 1. The van der Waals surface area contributed by atoms with E-state index in [0.717, 1.165) is 11.1 Å². The third-order valence-electron chi connectivity index (χ3n) is 4.56. The van der Waals surface area contributed by atoms with Crippen molar-refractivity contribution in [1.82, 2.24) is 4.98 Å². The largest absolute Gasteiger partial charge is 0.481 e. The Morgan fingerprint density at radius 2 is 1.79 bits per heavy atom. The van der Waals surface area contributed by atoms with Crippen molar-refractivity contribution in [3.8, 4) is 10.6 Å². The lowest BCUT2D eigenvalue weighted by Gasteiger charge is -2.24. The fourth-order valence-corrected chi connectivity index (χ4v) is 3.90. The molecule has 0 radical (unpaired) electrons. The van der Waals surface area contributed by atoms with Gasteiger partial charge in [-0.1, -0.05) is 30.3 Å². The van der Waals surface area contributed by atoms with E-state index in [2.05, 4.69) is 4.98 Å². The fraction of sp³-hybridized carbons (Fsp3) is 0.227. The lowest BCUT2D eigenvalue weighted by Crippen LogP contribution is -2.33. The number of Topliss-reactive ketones (excluding diaryl/α,β-unsaturated/α-hetero) is 1. The van der Waals surface area contributed by atoms with Gasteiger partial charge in [-0.05, 0) is 43.2 Å². The van der Waals surface area contributed by atoms with Crippen molar-refractivity contribution < 1.29 is 19.1 Å². The molecule has 0 fully saturated rings. The van der Waals surface area contributed by atoms with Crippen LogP contribution in [0.2, 0.25) is 0 Å². The van der Waals surface area contributed by atoms with E-state index in [9.17, 15) is 19.1 Å². The normalized spacial score (nSPS) is 13.1. The topological polar surface area (TPSA) is 67.3 Å². The van der Waals surface area contributed by atoms with Crippen LogP contribution in [-0.4, -0.2) is 21.8 Å². The SMILES string of the molecule is CC(CC(=O)Cc1csc(-c2ccc(F)cc2)n1)(Cc1ccccc1)C(=O)O. The minimum Gasteiger partial charge on any atom is -0.481 e. The van der Waals surface area contributed by atoms with Gasteiger partial charge >= 0.3 is 5.97 Å². The molecule has 0 aliphatic heterocycles. The van der Waals surface area contributed by atoms with Gasteiger partial charge in [0.15, 0.2) is 0 Å². The number of carboxylic acids is 1. The molecule has 0 aliphatic carbocycles. The van der Waals surface area contributed by atoms with Gasteiger partial charge in [-0.2, -0.15) is 0 Å². The van der Waals surface area contributed by atoms with Gasteiger partial charge < -0.3 is 5.11 Å². The van der Waals surface area contributed by atoms with Crippen LogP contribution in [0.1, 0.15) is 24.6 Å². The maximum Gasteiger partial charge on any atom is 0.310 e. The smallest absolute Gasteiger partial charge is 0.310 e. The molecule has 1 heterocycles. The summed E-state index contributed by atoms with van der Waals surface area (Å²) in [5.74, 6) is -1.48. The Kier molecular flexibility index (Phi) is 5.99. The number of halogens is 1. The molecule has 0 aliphatic rings. The van der Waals surface area contributed by atoms with Gasteiger partial charge in [0.1, 0.15) is 16.6 Å². The monoisotopic (exact) mass is 397 g/mol. The van der Waals surface area contributed by atoms with Crippen molar-refractivity contribution in [2.75, 3.05) is 0 Å². The first-order valence-electron chi connectivity index (χ1n) is 8.85. The molecule has 1 aromatic heterocycles. The quantitative estimate of drug-likeness (QED) is 0.594. The number of rotatable bonds is 8. The van der Waals surface area contributed by atoms with Crippen molar-refractivity contribution >= 4 is 23.1 Å². The fourth-order valence-electron chi connectivity index (χ4n) is 3.07. The lowest BCUT2D eigenvalue weighted by molar-refractivity contribution is -0.150. The average molecular weight is 397 g/mol. The zero-order valence-corrected chi connectivity index (χ0v) is 16.2. The average Bonchev–Trinajstić information content (AvgIpc) is 3.11. The Balaban J connectivity index is 1.68. The summed E-state index contributed by atoms with van der Waals surface area (Å²) >= 11 is 1.38. The van der Waals surface area contributed by atoms with E-state index in [1.165, 1.54) is 23.5 Å². The summed E-state index contributed by atoms with van der Waals surface area (Å²) in [6.07, 6.45) is 0.294. The van der Waals surface area contributed by atoms with Gasteiger partial charge in [0, 0.05) is 23.8 Å². The van der Waals surface area contributed by atoms with Crippen LogP contribution in [0, 0.1) is 11.2 Å². The molecule has 0 bridgehead atoms. The summed E-state index contributed by atoms with van der Waals surface area (Å²) in [5, 5.41) is 12.2. The Morgan fingerprint density at radius 1 is 1.11 bits per heavy atom. The molecule has 0 amide bonds. The van der Waals surface area contributed by atoms with Crippen LogP contribution >= 0.6 is 11.3 Å². The first-order chi connectivity index (χ1) is 13.4. The van der Waals surface area contributed by atoms with Crippen LogP contribution in [-0.2, 0) is 22.4 Å². The molecule has 0 saturated carbocycles. The second-order valence-electron chi connectivity index (χ2n) is 7.07. The molecule has 6 heteroatoms. The summed E-state index contributed by atoms with van der Waals surface area (Å²) in [5.41, 5.74) is 1.09. The highest BCUT2D eigenvalue weighted by molar-refractivity contribution is 7.13. The second-order valence-corrected chi connectivity index (χ2v) is 7.93. The molecule has 28 heavy (non-hydrogen) atoms. The number of hydrogen-bond donors (Lipinski definition) is 1. The highest BCUT2D eigenvalue weighted by Gasteiger charge is 2.35. The van der Waals surface area contributed by atoms with E-state index >= 15 is 0 Å². The van der Waals surface area contributed by atoms with E-state index in [4.69, 9.17) is 0 Å². The number of hydrogen-bond acceptors (Lipinski definition) is 4. The van der Waals surface area contributed by atoms with Crippen molar-refractivity contribution in [1.29, 1.82) is 0 Å². The standard InChI is InChI=1S/C22H20FNO3S/c1-22(21(26)27,12-15-5-3-2-4-6-15)13-19(25)11-18-14-28-20(24-18)16-7-9-17(23)10-8-16/h2-10,14H,11-13H2,1H3,(H,26,27). The number of carbonyl (C=O) groups excluding carboxylic acids is 1. The van der Waals surface area contributed by atoms with Crippen LogP contribution in [0.4, 0.5) is 4.39 Å². The van der Waals surface area contributed by atoms with Gasteiger partial charge in [0.2, 0.25) is 0 Å². The second kappa shape index (κ2) is 8.44. The molecule has 0 spiro atoms. The summed E-state index contributed by atoms with van der Waals surface area (Å²) in [4.78, 5) is 28.8. The summed E-state index contributed by atoms with van der Waals surface area (Å²) in [6.45, 7) is 1.60. The number of aliphatic carboxylic acids is 1. The molecule has 4 nitrogen and oxygen atoms in total. The third kappa shape index (κ3) is 4.89. The van der Waals surface area contributed by atoms with E-state index < -0.39 is 11.4 Å². The molecule has 3 rings (SSSR count). The predicted molar refractivity (Wildman–Crippen MR) is 107 cm³/mol. The van der Waals surface area contributed by atoms with E-state index in [1.807, 2.05) is 30.3 Å². The minimum absolute atomic E-state index is 0.0688. The number of benzene rings is 2. The Morgan fingerprint density at radius 3 is 2.43 bits per heavy atom. The van der Waals surface area contributed by atoms with Gasteiger partial charge in [-0.3, -0.25) is 9.59 Å². The molecule has 1 unspecified atom stereocenters. The molecule has 2 aromatic carbocycles. The Bertz CT molecular complexity index is 969. The van der Waals surface area contributed by atoms with E-state index in [1.54, 1.807) is 24.4 Å². The van der Waals surface area contributed by atoms with Gasteiger partial charge in [-0.25, -0.2) is 9.37 Å². The first-order valence-corrected chi connectivity index (χ1v) is 9.73. The van der Waals surface area contributed by atoms with Crippen LogP contribution in [0.3, 0.4) is 0 Å². The van der Waals surface area contributed by atoms with Gasteiger partial charge in [0.05, 0.1) is 11.1 Å². The molecule has 0 saturated heterocycles. The number of carbonyl (C=O) groups is 2. The van der Waals surface area contributed by atoms with Crippen molar-refractivity contribution in [2.45, 2.75) is 26.2 Å². The zero-order valence-electron chi connectivity index (χ0n) is 15.4. The molecule has 144 valence electrons. The van der Waals surface area contributed by atoms with E-state index in [-0.39, 0.29) is 30.9 Å². The first kappa shape index (κ1) is 19.9. The third-order valence-corrected chi connectivity index (χ3v) is 5.50. The molecule has 1 N–H and O–H groups in total. The Labute approximate surface area is 166 Å². The number of nitrogens with zero attached hydrogens (tertiary/aromatic N) is 1. The van der Waals surface area contributed by atoms with Gasteiger partial charge in [-0.15, -0.1) is 11.3 Å². The maximum atomic E-state index is 13.0. The number of thiazole rings is 1. The van der Waals surface area contributed by atoms with Crippen LogP contribution in [0.25, 0.3) is 10.6 Å². The van der Waals surface area contributed by atoms with Crippen LogP contribution in [0.5, 0.6) is 0 Å². The van der Waals surface area contributed by atoms with Crippen LogP contribution in [0.15, 0.2) is 60.0 Å². The van der Waals surface area contributed by atoms with Crippen molar-refractivity contribution in [3.63, 3.8) is 0 Å². The highest BCUT2D eigenvalue weighted by Crippen LogP contribution is 2.29. The molecular formula is C22H20FNO3S. The summed E-state index contributed by atoms with van der Waals surface area (Å²) in [7, 11) is 0. The summed E-state index contributed by atoms with van der Waals surface area (Å²) < 4.78 is 13.0. The van der Waals surface area contributed by atoms with Crippen molar-refractivity contribution in [3.05, 3.63) is 77.1 Å². The number of aromatic nitrogens is 1. The maximum absolute atomic E-state index is 13.0.